The van der Waals surface area contributed by atoms with Crippen molar-refractivity contribution >= 4 is 28.4 Å². The number of alkyl halides is 1. The van der Waals surface area contributed by atoms with Crippen LogP contribution in [0.25, 0.3) is 10.9 Å². The first-order chi connectivity index (χ1) is 8.22. The minimum absolute atomic E-state index is 0.0353. The van der Waals surface area contributed by atoms with Crippen molar-refractivity contribution in [2.24, 2.45) is 0 Å². The van der Waals surface area contributed by atoms with Gasteiger partial charge in [-0.3, -0.25) is 4.79 Å². The van der Waals surface area contributed by atoms with Gasteiger partial charge < -0.3 is 9.88 Å². The number of aromatic nitrogens is 1. The maximum atomic E-state index is 11.6. The van der Waals surface area contributed by atoms with Gasteiger partial charge in [0.25, 0.3) is 0 Å². The predicted octanol–water partition coefficient (Wildman–Crippen LogP) is 2.51. The highest BCUT2D eigenvalue weighted by Crippen LogP contribution is 2.21. The molecule has 2 heterocycles. The van der Waals surface area contributed by atoms with Crippen LogP contribution in [-0.2, 0) is 11.3 Å². The van der Waals surface area contributed by atoms with Crippen molar-refractivity contribution in [2.75, 3.05) is 6.54 Å². The highest BCUT2D eigenvalue weighted by atomic mass is 35.5. The number of fused-ring (bicyclic) bond motifs is 1. The van der Waals surface area contributed by atoms with Gasteiger partial charge in [0.05, 0.1) is 11.9 Å². The molecule has 1 aliphatic heterocycles. The van der Waals surface area contributed by atoms with Crippen LogP contribution in [0.15, 0.2) is 30.3 Å². The zero-order chi connectivity index (χ0) is 11.8. The number of benzene rings is 1. The Labute approximate surface area is 104 Å². The van der Waals surface area contributed by atoms with Crippen LogP contribution < -0.4 is 0 Å². The molecule has 1 aromatic carbocycles. The number of hydrogen-bond acceptors (Lipinski definition) is 1. The van der Waals surface area contributed by atoms with Crippen molar-refractivity contribution in [3.05, 3.63) is 36.0 Å². The normalized spacial score (nSPS) is 20.4. The molecule has 2 aromatic rings. The van der Waals surface area contributed by atoms with Crippen molar-refractivity contribution in [1.29, 1.82) is 0 Å². The summed E-state index contributed by atoms with van der Waals surface area (Å²) in [6.45, 7) is 1.27. The van der Waals surface area contributed by atoms with Gasteiger partial charge >= 0.3 is 0 Å². The first-order valence-corrected chi connectivity index (χ1v) is 6.14. The minimum Gasteiger partial charge on any atom is -0.357 e. The molecule has 3 rings (SSSR count). The van der Waals surface area contributed by atoms with E-state index in [4.69, 9.17) is 11.6 Å². The number of likely N-dealkylation sites (tertiary alicyclic amines) is 1. The number of carbonyl (C=O) groups is 1. The highest BCUT2D eigenvalue weighted by molar-refractivity contribution is 6.22. The Balaban J connectivity index is 1.83. The number of carbonyl (C=O) groups excluding carboxylic acids is 1. The predicted molar refractivity (Wildman–Crippen MR) is 68.0 cm³/mol. The van der Waals surface area contributed by atoms with E-state index in [0.29, 0.717) is 19.5 Å². The molecule has 0 bridgehead atoms. The average Bonchev–Trinajstić information content (AvgIpc) is 2.82. The molecule has 1 unspecified atom stereocenters. The number of para-hydroxylation sites is 1. The van der Waals surface area contributed by atoms with Gasteiger partial charge in [-0.15, -0.1) is 11.6 Å². The molecule has 0 radical (unpaired) electrons. The summed E-state index contributed by atoms with van der Waals surface area (Å²) in [6, 6.07) is 10.2. The third-order valence-corrected chi connectivity index (χ3v) is 3.41. The van der Waals surface area contributed by atoms with E-state index < -0.39 is 0 Å². The van der Waals surface area contributed by atoms with Crippen LogP contribution in [0.4, 0.5) is 0 Å². The Morgan fingerprint density at radius 2 is 2.24 bits per heavy atom. The van der Waals surface area contributed by atoms with Gasteiger partial charge in [0.1, 0.15) is 0 Å². The lowest BCUT2D eigenvalue weighted by molar-refractivity contribution is -0.128. The molecule has 0 spiro atoms. The molecule has 17 heavy (non-hydrogen) atoms. The Bertz CT molecular complexity index is 530. The monoisotopic (exact) mass is 248 g/mol. The highest BCUT2D eigenvalue weighted by Gasteiger charge is 2.28. The average molecular weight is 249 g/mol. The minimum atomic E-state index is -0.0353. The Hall–Kier alpha value is -1.48. The molecule has 1 aliphatic rings. The van der Waals surface area contributed by atoms with Gasteiger partial charge in [0, 0.05) is 24.2 Å². The third-order valence-electron chi connectivity index (χ3n) is 3.11. The summed E-state index contributed by atoms with van der Waals surface area (Å²) in [4.78, 5) is 16.8. The van der Waals surface area contributed by atoms with E-state index in [-0.39, 0.29) is 11.3 Å². The molecular formula is C13H13ClN2O. The zero-order valence-electron chi connectivity index (χ0n) is 9.32. The molecule has 1 aromatic heterocycles. The van der Waals surface area contributed by atoms with Gasteiger partial charge in [0.15, 0.2) is 0 Å². The fourth-order valence-corrected chi connectivity index (χ4v) is 2.60. The maximum absolute atomic E-state index is 11.6. The SMILES string of the molecule is O=C1CC(Cl)CN1Cc1cc2ccccc2[nH]1. The van der Waals surface area contributed by atoms with E-state index in [0.717, 1.165) is 11.2 Å². The van der Waals surface area contributed by atoms with E-state index in [1.807, 2.05) is 23.1 Å². The summed E-state index contributed by atoms with van der Waals surface area (Å²) in [5, 5.41) is 1.14. The second-order valence-electron chi connectivity index (χ2n) is 4.46. The molecule has 1 N–H and O–H groups in total. The molecular weight excluding hydrogens is 236 g/mol. The summed E-state index contributed by atoms with van der Waals surface area (Å²) in [5.74, 6) is 0.142. The number of aromatic amines is 1. The van der Waals surface area contributed by atoms with E-state index >= 15 is 0 Å². The van der Waals surface area contributed by atoms with Crippen molar-refractivity contribution in [3.8, 4) is 0 Å². The number of amides is 1. The quantitative estimate of drug-likeness (QED) is 0.815. The maximum Gasteiger partial charge on any atom is 0.224 e. The fraction of sp³-hybridized carbons (Fsp3) is 0.308. The molecule has 1 atom stereocenters. The first kappa shape index (κ1) is 10.7. The van der Waals surface area contributed by atoms with Gasteiger partial charge in [-0.1, -0.05) is 18.2 Å². The third kappa shape index (κ3) is 2.03. The van der Waals surface area contributed by atoms with Crippen molar-refractivity contribution in [3.63, 3.8) is 0 Å². The fourth-order valence-electron chi connectivity index (χ4n) is 2.30. The van der Waals surface area contributed by atoms with Crippen LogP contribution in [0.1, 0.15) is 12.1 Å². The van der Waals surface area contributed by atoms with E-state index in [9.17, 15) is 4.79 Å². The van der Waals surface area contributed by atoms with Crippen LogP contribution >= 0.6 is 11.6 Å². The van der Waals surface area contributed by atoms with Crippen LogP contribution in [0.5, 0.6) is 0 Å². The molecule has 0 aliphatic carbocycles. The van der Waals surface area contributed by atoms with Gasteiger partial charge in [-0.05, 0) is 17.5 Å². The summed E-state index contributed by atoms with van der Waals surface area (Å²) in [7, 11) is 0. The summed E-state index contributed by atoms with van der Waals surface area (Å²) in [5.41, 5.74) is 2.17. The number of halogens is 1. The lowest BCUT2D eigenvalue weighted by atomic mass is 10.2. The number of nitrogens with zero attached hydrogens (tertiary/aromatic N) is 1. The summed E-state index contributed by atoms with van der Waals surface area (Å²) >= 11 is 5.97. The Morgan fingerprint density at radius 1 is 1.41 bits per heavy atom. The number of H-pyrrole nitrogens is 1. The topological polar surface area (TPSA) is 36.1 Å². The second kappa shape index (κ2) is 4.08. The smallest absolute Gasteiger partial charge is 0.224 e. The molecule has 3 nitrogen and oxygen atoms in total. The standard InChI is InChI=1S/C13H13ClN2O/c14-10-6-13(17)16(7-10)8-11-5-9-3-1-2-4-12(9)15-11/h1-5,10,15H,6-8H2. The van der Waals surface area contributed by atoms with Crippen LogP contribution in [0.3, 0.4) is 0 Å². The molecule has 1 amide bonds. The van der Waals surface area contributed by atoms with Crippen LogP contribution in [0.2, 0.25) is 0 Å². The van der Waals surface area contributed by atoms with Crippen molar-refractivity contribution in [1.82, 2.24) is 9.88 Å². The van der Waals surface area contributed by atoms with Crippen LogP contribution in [-0.4, -0.2) is 27.7 Å². The van der Waals surface area contributed by atoms with Crippen molar-refractivity contribution in [2.45, 2.75) is 18.3 Å². The van der Waals surface area contributed by atoms with Crippen LogP contribution in [0, 0.1) is 0 Å². The lowest BCUT2D eigenvalue weighted by Crippen LogP contribution is -2.24. The molecule has 0 saturated carbocycles. The number of rotatable bonds is 2. The van der Waals surface area contributed by atoms with E-state index in [1.165, 1.54) is 5.39 Å². The van der Waals surface area contributed by atoms with Gasteiger partial charge in [-0.2, -0.15) is 0 Å². The number of nitrogens with one attached hydrogen (secondary N) is 1. The molecule has 88 valence electrons. The lowest BCUT2D eigenvalue weighted by Gasteiger charge is -2.14. The van der Waals surface area contributed by atoms with Crippen molar-refractivity contribution < 1.29 is 4.79 Å². The van der Waals surface area contributed by atoms with Gasteiger partial charge in [-0.25, -0.2) is 0 Å². The first-order valence-electron chi connectivity index (χ1n) is 5.71. The second-order valence-corrected chi connectivity index (χ2v) is 5.07. The molecule has 1 saturated heterocycles. The number of hydrogen-bond donors (Lipinski definition) is 1. The molecule has 1 fully saturated rings. The largest absolute Gasteiger partial charge is 0.357 e. The van der Waals surface area contributed by atoms with E-state index in [1.54, 1.807) is 0 Å². The summed E-state index contributed by atoms with van der Waals surface area (Å²) in [6.07, 6.45) is 0.460. The molecule has 4 heteroatoms. The Morgan fingerprint density at radius 3 is 2.94 bits per heavy atom. The Kier molecular flexibility index (Phi) is 2.56. The zero-order valence-corrected chi connectivity index (χ0v) is 10.1. The van der Waals surface area contributed by atoms with E-state index in [2.05, 4.69) is 17.1 Å². The summed E-state index contributed by atoms with van der Waals surface area (Å²) < 4.78 is 0. The van der Waals surface area contributed by atoms with Gasteiger partial charge in [0.2, 0.25) is 5.91 Å².